The highest BCUT2D eigenvalue weighted by Gasteiger charge is 2.15. The van der Waals surface area contributed by atoms with Gasteiger partial charge in [-0.05, 0) is 71.3 Å². The number of rotatable bonds is 8. The highest BCUT2D eigenvalue weighted by molar-refractivity contribution is 6.02. The van der Waals surface area contributed by atoms with E-state index in [0.717, 1.165) is 55.6 Å². The molecule has 0 saturated carbocycles. The Morgan fingerprint density at radius 2 is 0.980 bits per heavy atom. The molecular weight excluding hydrogens is 601 g/mol. The Hall–Kier alpha value is -6.66. The molecule has 234 valence electrons. The first-order chi connectivity index (χ1) is 24.2. The van der Waals surface area contributed by atoms with Crippen LogP contribution in [0.2, 0.25) is 0 Å². The Balaban J connectivity index is 1.38. The number of aliphatic imine (C=N–C) groups is 2. The first kappa shape index (κ1) is 31.0. The van der Waals surface area contributed by atoms with Gasteiger partial charge in [0, 0.05) is 40.8 Å². The van der Waals surface area contributed by atoms with Crippen LogP contribution in [0.25, 0.3) is 67.5 Å². The molecule has 0 amide bonds. The third-order valence-electron chi connectivity index (χ3n) is 8.08. The molecule has 5 aromatic carbocycles. The molecule has 0 N–H and O–H groups in total. The van der Waals surface area contributed by atoms with Gasteiger partial charge in [-0.15, -0.1) is 0 Å². The lowest BCUT2D eigenvalue weighted by Gasteiger charge is -2.13. The zero-order valence-electron chi connectivity index (χ0n) is 27.0. The van der Waals surface area contributed by atoms with Gasteiger partial charge >= 0.3 is 0 Å². The predicted molar refractivity (Wildman–Crippen MR) is 201 cm³/mol. The fourth-order valence-electron chi connectivity index (χ4n) is 5.58. The average molecular weight is 633 g/mol. The summed E-state index contributed by atoms with van der Waals surface area (Å²) < 4.78 is 0. The number of nitrogens with zero attached hydrogens (tertiary/aromatic N) is 6. The normalized spacial score (nSPS) is 11.5. The molecule has 2 heterocycles. The molecule has 0 bridgehead atoms. The second-order valence-corrected chi connectivity index (χ2v) is 11.3. The largest absolute Gasteiger partial charge is 0.264 e. The van der Waals surface area contributed by atoms with Crippen molar-refractivity contribution in [1.29, 1.82) is 0 Å². The maximum atomic E-state index is 5.03. The molecule has 6 heteroatoms. The number of amidine groups is 1. The lowest BCUT2D eigenvalue weighted by molar-refractivity contribution is 1.07. The Labute approximate surface area is 286 Å². The summed E-state index contributed by atoms with van der Waals surface area (Å²) in [5.74, 6) is 2.40. The Morgan fingerprint density at radius 3 is 1.47 bits per heavy atom. The number of hydrogen-bond acceptors (Lipinski definition) is 5. The summed E-state index contributed by atoms with van der Waals surface area (Å²) in [6.07, 6.45) is 7.25. The van der Waals surface area contributed by atoms with Crippen LogP contribution >= 0.6 is 0 Å². The lowest BCUT2D eigenvalue weighted by atomic mass is 9.94. The van der Waals surface area contributed by atoms with Gasteiger partial charge in [-0.2, -0.15) is 0 Å². The van der Waals surface area contributed by atoms with Crippen molar-refractivity contribution in [2.45, 2.75) is 6.92 Å². The Kier molecular flexibility index (Phi) is 9.10. The molecule has 7 aromatic rings. The van der Waals surface area contributed by atoms with Crippen molar-refractivity contribution in [3.8, 4) is 67.5 Å². The van der Waals surface area contributed by atoms with Crippen LogP contribution < -0.4 is 0 Å². The Morgan fingerprint density at radius 1 is 0.510 bits per heavy atom. The van der Waals surface area contributed by atoms with Crippen LogP contribution in [-0.4, -0.2) is 32.5 Å². The number of benzene rings is 5. The summed E-state index contributed by atoms with van der Waals surface area (Å²) in [6.45, 7) is 5.63. The standard InChI is InChI=1S/C43H32N6/c1-3-24-46-40(44-2)35-22-20-32(21-23-35)38-26-37(31-18-16-30(17-19-31)36-15-10-25-45-29-36)27-39(28-38)43-48-41(33-11-6-4-7-12-33)47-42(49-43)34-13-8-5-9-14-34/h3-29H,2H2,1H3/b24-3-,46-40-. The van der Waals surface area contributed by atoms with Crippen molar-refractivity contribution >= 4 is 12.6 Å². The minimum Gasteiger partial charge on any atom is -0.264 e. The highest BCUT2D eigenvalue weighted by Crippen LogP contribution is 2.34. The Bertz CT molecular complexity index is 2200. The summed E-state index contributed by atoms with van der Waals surface area (Å²) in [7, 11) is 0. The van der Waals surface area contributed by atoms with E-state index in [0.29, 0.717) is 23.3 Å². The fraction of sp³-hybridized carbons (Fsp3) is 0.0233. The SMILES string of the molecule is C=N/C(=N\C=C/C)c1ccc(-c2cc(-c3ccc(-c4cccnc4)cc3)cc(-c3nc(-c4ccccc4)nc(-c4ccccc4)n3)c2)cc1. The van der Waals surface area contributed by atoms with E-state index in [1.165, 1.54) is 0 Å². The van der Waals surface area contributed by atoms with Crippen LogP contribution in [0, 0.1) is 0 Å². The van der Waals surface area contributed by atoms with Gasteiger partial charge in [0.25, 0.3) is 0 Å². The molecule has 7 rings (SSSR count). The summed E-state index contributed by atoms with van der Waals surface area (Å²) in [6, 6.07) is 47.3. The van der Waals surface area contributed by atoms with E-state index in [2.05, 4.69) is 82.3 Å². The molecule has 0 fully saturated rings. The fourth-order valence-corrected chi connectivity index (χ4v) is 5.58. The molecule has 6 nitrogen and oxygen atoms in total. The van der Waals surface area contributed by atoms with Gasteiger partial charge in [0.2, 0.25) is 0 Å². The van der Waals surface area contributed by atoms with E-state index in [4.69, 9.17) is 15.0 Å². The third-order valence-corrected chi connectivity index (χ3v) is 8.08. The van der Waals surface area contributed by atoms with Gasteiger partial charge in [0.1, 0.15) is 0 Å². The minimum absolute atomic E-state index is 0.569. The first-order valence-electron chi connectivity index (χ1n) is 16.0. The quantitative estimate of drug-likeness (QED) is 0.123. The molecular formula is C43H32N6. The molecule has 2 aromatic heterocycles. The zero-order chi connectivity index (χ0) is 33.4. The van der Waals surface area contributed by atoms with Crippen LogP contribution in [0.3, 0.4) is 0 Å². The molecule has 0 aliphatic carbocycles. The molecule has 0 aliphatic rings. The van der Waals surface area contributed by atoms with Crippen molar-refractivity contribution in [2.24, 2.45) is 9.98 Å². The van der Waals surface area contributed by atoms with Crippen molar-refractivity contribution in [3.05, 3.63) is 170 Å². The predicted octanol–water partition coefficient (Wildman–Crippen LogP) is 10.2. The second kappa shape index (κ2) is 14.4. The maximum Gasteiger partial charge on any atom is 0.164 e. The van der Waals surface area contributed by atoms with Crippen LogP contribution in [0.4, 0.5) is 0 Å². The monoisotopic (exact) mass is 632 g/mol. The van der Waals surface area contributed by atoms with Gasteiger partial charge in [0.15, 0.2) is 23.3 Å². The molecule has 49 heavy (non-hydrogen) atoms. The molecule has 0 unspecified atom stereocenters. The zero-order valence-corrected chi connectivity index (χ0v) is 27.0. The van der Waals surface area contributed by atoms with Gasteiger partial charge in [-0.1, -0.05) is 121 Å². The van der Waals surface area contributed by atoms with Crippen LogP contribution in [-0.2, 0) is 0 Å². The summed E-state index contributed by atoms with van der Waals surface area (Å²) in [5, 5.41) is 0. The number of allylic oxidation sites excluding steroid dienone is 1. The third kappa shape index (κ3) is 7.04. The van der Waals surface area contributed by atoms with E-state index < -0.39 is 0 Å². The van der Waals surface area contributed by atoms with E-state index in [1.807, 2.05) is 98.1 Å². The van der Waals surface area contributed by atoms with E-state index >= 15 is 0 Å². The van der Waals surface area contributed by atoms with Crippen molar-refractivity contribution < 1.29 is 0 Å². The minimum atomic E-state index is 0.569. The summed E-state index contributed by atoms with van der Waals surface area (Å²) >= 11 is 0. The van der Waals surface area contributed by atoms with Gasteiger partial charge < -0.3 is 0 Å². The molecule has 0 aliphatic heterocycles. The van der Waals surface area contributed by atoms with Gasteiger partial charge in [0.05, 0.1) is 0 Å². The van der Waals surface area contributed by atoms with E-state index in [9.17, 15) is 0 Å². The van der Waals surface area contributed by atoms with Crippen molar-refractivity contribution in [2.75, 3.05) is 0 Å². The van der Waals surface area contributed by atoms with Crippen molar-refractivity contribution in [3.63, 3.8) is 0 Å². The summed E-state index contributed by atoms with van der Waals surface area (Å²) in [4.78, 5) is 27.8. The molecule has 0 spiro atoms. The molecule has 0 radical (unpaired) electrons. The number of hydrogen-bond donors (Lipinski definition) is 0. The number of pyridine rings is 1. The van der Waals surface area contributed by atoms with E-state index in [-0.39, 0.29) is 0 Å². The van der Waals surface area contributed by atoms with Crippen LogP contribution in [0.15, 0.2) is 174 Å². The smallest absolute Gasteiger partial charge is 0.164 e. The lowest BCUT2D eigenvalue weighted by Crippen LogP contribution is -2.00. The van der Waals surface area contributed by atoms with E-state index in [1.54, 1.807) is 12.4 Å². The van der Waals surface area contributed by atoms with Crippen LogP contribution in [0.1, 0.15) is 12.5 Å². The average Bonchev–Trinajstić information content (AvgIpc) is 3.19. The summed E-state index contributed by atoms with van der Waals surface area (Å²) in [5.41, 5.74) is 9.97. The molecule has 0 saturated heterocycles. The first-order valence-corrected chi connectivity index (χ1v) is 16.0. The topological polar surface area (TPSA) is 76.3 Å². The highest BCUT2D eigenvalue weighted by atomic mass is 15.0. The second-order valence-electron chi connectivity index (χ2n) is 11.3. The molecule has 0 atom stereocenters. The van der Waals surface area contributed by atoms with Gasteiger partial charge in [-0.25, -0.2) is 24.9 Å². The maximum absolute atomic E-state index is 5.03. The number of aromatic nitrogens is 4. The van der Waals surface area contributed by atoms with Gasteiger partial charge in [-0.3, -0.25) is 4.98 Å². The van der Waals surface area contributed by atoms with Crippen LogP contribution in [0.5, 0.6) is 0 Å². The van der Waals surface area contributed by atoms with Crippen molar-refractivity contribution in [1.82, 2.24) is 19.9 Å².